The lowest BCUT2D eigenvalue weighted by Gasteiger charge is -2.32. The molecule has 0 spiro atoms. The van der Waals surface area contributed by atoms with Crippen LogP contribution in [0.3, 0.4) is 0 Å². The van der Waals surface area contributed by atoms with E-state index >= 15 is 0 Å². The molecule has 0 unspecified atom stereocenters. The highest BCUT2D eigenvalue weighted by Gasteiger charge is 2.51. The van der Waals surface area contributed by atoms with Crippen molar-refractivity contribution in [3.8, 4) is 16.8 Å². The van der Waals surface area contributed by atoms with Crippen LogP contribution >= 0.6 is 0 Å². The van der Waals surface area contributed by atoms with Crippen LogP contribution in [0.2, 0.25) is 0 Å². The molecular weight excluding hydrogens is 623 g/mol. The fraction of sp³-hybridized carbons (Fsp3) is 0.130. The predicted octanol–water partition coefficient (Wildman–Crippen LogP) is 11.4. The van der Waals surface area contributed by atoms with Crippen molar-refractivity contribution in [2.45, 2.75) is 38.9 Å². The Kier molecular flexibility index (Phi) is 7.39. The number of hydrogen-bond acceptors (Lipinski definition) is 3. The van der Waals surface area contributed by atoms with Gasteiger partial charge in [-0.15, -0.1) is 0 Å². The van der Waals surface area contributed by atoms with Crippen LogP contribution in [0.4, 0.5) is 17.1 Å². The summed E-state index contributed by atoms with van der Waals surface area (Å²) in [5.41, 5.74) is 9.32. The first kappa shape index (κ1) is 31.4. The van der Waals surface area contributed by atoms with Crippen LogP contribution in [-0.4, -0.2) is 22.9 Å². The van der Waals surface area contributed by atoms with E-state index in [1.807, 2.05) is 0 Å². The second-order valence-corrected chi connectivity index (χ2v) is 14.5. The molecule has 0 bridgehead atoms. The van der Waals surface area contributed by atoms with Crippen molar-refractivity contribution >= 4 is 62.2 Å². The summed E-state index contributed by atoms with van der Waals surface area (Å²) < 4.78 is 15.1. The number of hydrogen-bond donors (Lipinski definition) is 0. The van der Waals surface area contributed by atoms with Crippen molar-refractivity contribution in [2.75, 3.05) is 4.90 Å². The zero-order chi connectivity index (χ0) is 34.7. The molecule has 1 aromatic heterocycles. The third kappa shape index (κ3) is 5.41. The molecule has 2 heterocycles. The van der Waals surface area contributed by atoms with Crippen molar-refractivity contribution < 1.29 is 9.31 Å². The van der Waals surface area contributed by atoms with E-state index < -0.39 is 18.3 Å². The molecule has 0 saturated carbocycles. The molecule has 5 heteroatoms. The molecule has 1 saturated heterocycles. The van der Waals surface area contributed by atoms with Gasteiger partial charge in [-0.25, -0.2) is 0 Å². The Bertz CT molecular complexity index is 2520. The van der Waals surface area contributed by atoms with Crippen molar-refractivity contribution in [1.82, 2.24) is 4.57 Å². The molecule has 9 rings (SSSR count). The van der Waals surface area contributed by atoms with E-state index in [1.54, 1.807) is 0 Å². The maximum absolute atomic E-state index is 6.39. The molecule has 1 aliphatic heterocycles. The molecule has 0 amide bonds. The number of nitrogens with zero attached hydrogens (tertiary/aromatic N) is 2. The zero-order valence-corrected chi connectivity index (χ0v) is 29.4. The maximum atomic E-state index is 6.39. The van der Waals surface area contributed by atoms with Gasteiger partial charge in [0.2, 0.25) is 0 Å². The average molecular weight is 663 g/mol. The van der Waals surface area contributed by atoms with Gasteiger partial charge in [0.1, 0.15) is 0 Å². The third-order valence-electron chi connectivity index (χ3n) is 10.8. The number of aromatic nitrogens is 1. The average Bonchev–Trinajstić information content (AvgIpc) is 3.60. The largest absolute Gasteiger partial charge is 0.494 e. The van der Waals surface area contributed by atoms with E-state index in [1.165, 1.54) is 43.7 Å². The molecule has 1 fully saturated rings. The topological polar surface area (TPSA) is 26.6 Å². The van der Waals surface area contributed by atoms with Gasteiger partial charge in [0, 0.05) is 33.5 Å². The van der Waals surface area contributed by atoms with Crippen LogP contribution in [0.25, 0.3) is 49.4 Å². The first-order chi connectivity index (χ1) is 24.8. The molecule has 0 radical (unpaired) electrons. The van der Waals surface area contributed by atoms with Crippen LogP contribution < -0.4 is 10.4 Å². The predicted molar refractivity (Wildman–Crippen MR) is 214 cm³/mol. The summed E-state index contributed by atoms with van der Waals surface area (Å²) in [6.45, 7) is 8.37. The smallest absolute Gasteiger partial charge is 0.399 e. The second-order valence-electron chi connectivity index (χ2n) is 14.5. The molecule has 248 valence electrons. The Morgan fingerprint density at radius 3 is 1.76 bits per heavy atom. The monoisotopic (exact) mass is 662 g/mol. The Morgan fingerprint density at radius 2 is 1.04 bits per heavy atom. The van der Waals surface area contributed by atoms with E-state index in [9.17, 15) is 0 Å². The van der Waals surface area contributed by atoms with E-state index in [0.29, 0.717) is 0 Å². The SMILES string of the molecule is CC1(C)OB(c2ccc(N(c3ccc(-c4ccc5ccccc5c4)cc3)c3ccc4c(c3)c3ccccc3n4-c3ccccc3)cc2)OC1(C)C. The van der Waals surface area contributed by atoms with Crippen molar-refractivity contribution in [3.05, 3.63) is 164 Å². The Morgan fingerprint density at radius 1 is 0.471 bits per heavy atom. The molecule has 4 nitrogen and oxygen atoms in total. The molecular formula is C46H39BN2O2. The molecule has 0 atom stereocenters. The van der Waals surface area contributed by atoms with Gasteiger partial charge in [-0.3, -0.25) is 0 Å². The third-order valence-corrected chi connectivity index (χ3v) is 10.8. The van der Waals surface area contributed by atoms with Gasteiger partial charge in [0.15, 0.2) is 0 Å². The first-order valence-corrected chi connectivity index (χ1v) is 17.7. The Labute approximate surface area is 299 Å². The summed E-state index contributed by atoms with van der Waals surface area (Å²) in [7, 11) is -0.417. The van der Waals surface area contributed by atoms with Crippen molar-refractivity contribution in [3.63, 3.8) is 0 Å². The summed E-state index contributed by atoms with van der Waals surface area (Å²) in [6, 6.07) is 58.8. The minimum atomic E-state index is -0.417. The van der Waals surface area contributed by atoms with Gasteiger partial charge in [0.25, 0.3) is 0 Å². The summed E-state index contributed by atoms with van der Waals surface area (Å²) in [4.78, 5) is 2.34. The van der Waals surface area contributed by atoms with E-state index in [0.717, 1.165) is 28.2 Å². The molecule has 8 aromatic rings. The lowest BCUT2D eigenvalue weighted by atomic mass is 9.79. The minimum Gasteiger partial charge on any atom is -0.399 e. The van der Waals surface area contributed by atoms with Crippen LogP contribution in [0.5, 0.6) is 0 Å². The summed E-state index contributed by atoms with van der Waals surface area (Å²) in [5, 5.41) is 4.92. The standard InChI is InChI=1S/C46H39BN2O2/c1-45(2)46(3,4)51-47(50-45)36-22-26-39(27-23-36)48(38-24-20-33(21-25-38)35-19-18-32-12-8-9-13-34(32)30-35)40-28-29-44-42(31-40)41-16-10-11-17-43(41)49(44)37-14-6-5-7-15-37/h5-31H,1-4H3. The first-order valence-electron chi connectivity index (χ1n) is 17.7. The lowest BCUT2D eigenvalue weighted by Crippen LogP contribution is -2.41. The van der Waals surface area contributed by atoms with Gasteiger partial charge < -0.3 is 18.8 Å². The van der Waals surface area contributed by atoms with Crippen molar-refractivity contribution in [2.24, 2.45) is 0 Å². The van der Waals surface area contributed by atoms with Crippen molar-refractivity contribution in [1.29, 1.82) is 0 Å². The van der Waals surface area contributed by atoms with Crippen LogP contribution in [0.1, 0.15) is 27.7 Å². The molecule has 7 aromatic carbocycles. The summed E-state index contributed by atoms with van der Waals surface area (Å²) in [5.74, 6) is 0. The van der Waals surface area contributed by atoms with Gasteiger partial charge >= 0.3 is 7.12 Å². The highest BCUT2D eigenvalue weighted by atomic mass is 16.7. The normalized spacial score (nSPS) is 15.2. The molecule has 0 N–H and O–H groups in total. The second kappa shape index (κ2) is 12.0. The lowest BCUT2D eigenvalue weighted by molar-refractivity contribution is 0.00578. The highest BCUT2D eigenvalue weighted by Crippen LogP contribution is 2.41. The molecule has 0 aliphatic carbocycles. The fourth-order valence-corrected chi connectivity index (χ4v) is 7.33. The number of rotatable bonds is 6. The highest BCUT2D eigenvalue weighted by molar-refractivity contribution is 6.62. The summed E-state index contributed by atoms with van der Waals surface area (Å²) in [6.07, 6.45) is 0. The summed E-state index contributed by atoms with van der Waals surface area (Å²) >= 11 is 0. The van der Waals surface area contributed by atoms with Gasteiger partial charge in [-0.1, -0.05) is 97.1 Å². The quantitative estimate of drug-likeness (QED) is 0.166. The molecule has 1 aliphatic rings. The van der Waals surface area contributed by atoms with E-state index in [4.69, 9.17) is 9.31 Å². The van der Waals surface area contributed by atoms with E-state index in [2.05, 4.69) is 201 Å². The Hall–Kier alpha value is -5.62. The van der Waals surface area contributed by atoms with Crippen LogP contribution in [-0.2, 0) is 9.31 Å². The maximum Gasteiger partial charge on any atom is 0.494 e. The van der Waals surface area contributed by atoms with Gasteiger partial charge in [0.05, 0.1) is 22.2 Å². The zero-order valence-electron chi connectivity index (χ0n) is 29.4. The minimum absolute atomic E-state index is 0.399. The van der Waals surface area contributed by atoms with E-state index in [-0.39, 0.29) is 0 Å². The number of benzene rings is 7. The van der Waals surface area contributed by atoms with Crippen LogP contribution in [0, 0.1) is 0 Å². The van der Waals surface area contributed by atoms with Gasteiger partial charge in [-0.05, 0) is 122 Å². The fourth-order valence-electron chi connectivity index (χ4n) is 7.33. The van der Waals surface area contributed by atoms with Crippen LogP contribution in [0.15, 0.2) is 164 Å². The number of para-hydroxylation sites is 2. The number of anilines is 3. The Balaban J connectivity index is 1.16. The molecule has 51 heavy (non-hydrogen) atoms. The van der Waals surface area contributed by atoms with Gasteiger partial charge in [-0.2, -0.15) is 0 Å². The number of fused-ring (bicyclic) bond motifs is 4.